The molecule has 3 aromatic heterocycles. The smallest absolute Gasteiger partial charge is 0.257 e. The topological polar surface area (TPSA) is 77.8 Å². The van der Waals surface area contributed by atoms with Crippen molar-refractivity contribution >= 4 is 11.1 Å². The van der Waals surface area contributed by atoms with Crippen molar-refractivity contribution in [1.29, 1.82) is 0 Å². The van der Waals surface area contributed by atoms with Crippen LogP contribution >= 0.6 is 0 Å². The molecular formula is C17H18N4O2. The normalized spacial score (nSPS) is 24.6. The van der Waals surface area contributed by atoms with Gasteiger partial charge < -0.3 is 8.94 Å². The molecule has 0 bridgehead atoms. The summed E-state index contributed by atoms with van der Waals surface area (Å²) in [7, 11) is 0. The largest absolute Gasteiger partial charge is 0.420 e. The van der Waals surface area contributed by atoms with E-state index >= 15 is 0 Å². The van der Waals surface area contributed by atoms with E-state index in [4.69, 9.17) is 8.94 Å². The summed E-state index contributed by atoms with van der Waals surface area (Å²) in [5.74, 6) is 2.84. The van der Waals surface area contributed by atoms with E-state index in [9.17, 15) is 0 Å². The second-order valence-corrected chi connectivity index (χ2v) is 6.89. The van der Waals surface area contributed by atoms with Gasteiger partial charge >= 0.3 is 0 Å². The monoisotopic (exact) mass is 310 g/mol. The van der Waals surface area contributed by atoms with Crippen molar-refractivity contribution in [3.63, 3.8) is 0 Å². The lowest BCUT2D eigenvalue weighted by Crippen LogP contribution is -1.93. The fourth-order valence-electron chi connectivity index (χ4n) is 3.63. The van der Waals surface area contributed by atoms with Gasteiger partial charge in [-0.3, -0.25) is 0 Å². The third-order valence-corrected chi connectivity index (χ3v) is 5.21. The van der Waals surface area contributed by atoms with Crippen molar-refractivity contribution in [1.82, 2.24) is 20.3 Å². The Bertz CT molecular complexity index is 862. The van der Waals surface area contributed by atoms with E-state index in [1.54, 1.807) is 6.20 Å². The van der Waals surface area contributed by atoms with Crippen LogP contribution in [0.15, 0.2) is 21.2 Å². The van der Waals surface area contributed by atoms with Crippen LogP contribution in [-0.2, 0) is 0 Å². The lowest BCUT2D eigenvalue weighted by molar-refractivity contribution is 0.430. The number of hydrogen-bond donors (Lipinski definition) is 0. The van der Waals surface area contributed by atoms with Gasteiger partial charge in [0.05, 0.1) is 16.6 Å². The Balaban J connectivity index is 1.53. The second-order valence-electron chi connectivity index (χ2n) is 6.89. The van der Waals surface area contributed by atoms with E-state index in [2.05, 4.69) is 27.3 Å². The molecule has 0 saturated heterocycles. The average molecular weight is 310 g/mol. The molecule has 5 rings (SSSR count). The zero-order valence-electron chi connectivity index (χ0n) is 13.0. The number of nitrogens with zero attached hydrogens (tertiary/aromatic N) is 4. The molecule has 6 nitrogen and oxygen atoms in total. The maximum Gasteiger partial charge on any atom is 0.257 e. The zero-order valence-corrected chi connectivity index (χ0v) is 13.0. The first kappa shape index (κ1) is 13.2. The van der Waals surface area contributed by atoms with Crippen LogP contribution in [0.25, 0.3) is 22.6 Å². The van der Waals surface area contributed by atoms with Gasteiger partial charge in [-0.05, 0) is 31.2 Å². The van der Waals surface area contributed by atoms with Crippen LogP contribution in [0.1, 0.15) is 62.4 Å². The molecular weight excluding hydrogens is 292 g/mol. The molecule has 2 fully saturated rings. The summed E-state index contributed by atoms with van der Waals surface area (Å²) in [4.78, 5) is 4.38. The third-order valence-electron chi connectivity index (χ3n) is 5.21. The Labute approximate surface area is 133 Å². The molecule has 3 aromatic rings. The number of pyridine rings is 1. The van der Waals surface area contributed by atoms with E-state index in [-0.39, 0.29) is 0 Å². The van der Waals surface area contributed by atoms with Gasteiger partial charge in [-0.15, -0.1) is 10.2 Å². The van der Waals surface area contributed by atoms with Gasteiger partial charge in [0.25, 0.3) is 5.71 Å². The Morgan fingerprint density at radius 3 is 2.78 bits per heavy atom. The standard InChI is InChI=1S/C17H18N4O2/c1-9-6-12(9)17-20-19-15(22-17)11-7-13-14(10-4-2-3-5-10)21-23-16(13)18-8-11/h7-10,12H,2-6H2,1H3/t9-,12-/m0/s1. The fourth-order valence-corrected chi connectivity index (χ4v) is 3.63. The fraction of sp³-hybridized carbons (Fsp3) is 0.529. The molecule has 0 radical (unpaired) electrons. The van der Waals surface area contributed by atoms with Crippen LogP contribution in [0, 0.1) is 5.92 Å². The summed E-state index contributed by atoms with van der Waals surface area (Å²) >= 11 is 0. The quantitative estimate of drug-likeness (QED) is 0.726. The molecule has 2 aliphatic rings. The molecule has 3 heterocycles. The predicted molar refractivity (Wildman–Crippen MR) is 82.8 cm³/mol. The van der Waals surface area contributed by atoms with Gasteiger partial charge in [0.1, 0.15) is 0 Å². The van der Waals surface area contributed by atoms with E-state index in [1.165, 1.54) is 25.7 Å². The maximum absolute atomic E-state index is 5.84. The molecule has 0 spiro atoms. The first-order chi connectivity index (χ1) is 11.3. The van der Waals surface area contributed by atoms with Gasteiger partial charge in [-0.2, -0.15) is 0 Å². The number of fused-ring (bicyclic) bond motifs is 1. The van der Waals surface area contributed by atoms with Crippen LogP contribution in [0.4, 0.5) is 0 Å². The highest BCUT2D eigenvalue weighted by Crippen LogP contribution is 2.46. The van der Waals surface area contributed by atoms with Gasteiger partial charge in [0.2, 0.25) is 11.8 Å². The van der Waals surface area contributed by atoms with Crippen molar-refractivity contribution < 1.29 is 8.94 Å². The molecule has 0 N–H and O–H groups in total. The van der Waals surface area contributed by atoms with Crippen LogP contribution in [0.2, 0.25) is 0 Å². The summed E-state index contributed by atoms with van der Waals surface area (Å²) in [6, 6.07) is 2.03. The van der Waals surface area contributed by atoms with Crippen LogP contribution in [-0.4, -0.2) is 20.3 Å². The van der Waals surface area contributed by atoms with E-state index in [0.29, 0.717) is 29.4 Å². The molecule has 2 atom stereocenters. The van der Waals surface area contributed by atoms with Crippen LogP contribution < -0.4 is 0 Å². The van der Waals surface area contributed by atoms with E-state index in [1.807, 2.05) is 6.07 Å². The average Bonchev–Trinajstić information content (AvgIpc) is 3.07. The first-order valence-electron chi connectivity index (χ1n) is 8.38. The first-order valence-corrected chi connectivity index (χ1v) is 8.38. The molecule has 0 aliphatic heterocycles. The summed E-state index contributed by atoms with van der Waals surface area (Å²) in [6.07, 6.45) is 7.74. The lowest BCUT2D eigenvalue weighted by Gasteiger charge is -2.03. The minimum absolute atomic E-state index is 0.428. The highest BCUT2D eigenvalue weighted by Gasteiger charge is 2.38. The molecule has 2 aliphatic carbocycles. The Hall–Kier alpha value is -2.24. The minimum Gasteiger partial charge on any atom is -0.420 e. The summed E-state index contributed by atoms with van der Waals surface area (Å²) in [6.45, 7) is 2.20. The molecule has 0 unspecified atom stereocenters. The molecule has 0 aromatic carbocycles. The number of hydrogen-bond acceptors (Lipinski definition) is 6. The van der Waals surface area contributed by atoms with Gasteiger partial charge in [-0.1, -0.05) is 24.9 Å². The van der Waals surface area contributed by atoms with Gasteiger partial charge in [0, 0.05) is 18.0 Å². The zero-order chi connectivity index (χ0) is 15.4. The Morgan fingerprint density at radius 1 is 1.17 bits per heavy atom. The molecule has 2 saturated carbocycles. The predicted octanol–water partition coefficient (Wildman–Crippen LogP) is 4.05. The van der Waals surface area contributed by atoms with Crippen LogP contribution in [0.5, 0.6) is 0 Å². The van der Waals surface area contributed by atoms with Crippen LogP contribution in [0.3, 0.4) is 0 Å². The maximum atomic E-state index is 5.84. The van der Waals surface area contributed by atoms with E-state index < -0.39 is 0 Å². The molecule has 23 heavy (non-hydrogen) atoms. The van der Waals surface area contributed by atoms with E-state index in [0.717, 1.165) is 29.0 Å². The second kappa shape index (κ2) is 4.88. The molecule has 0 amide bonds. The van der Waals surface area contributed by atoms with Crippen molar-refractivity contribution in [3.05, 3.63) is 23.8 Å². The lowest BCUT2D eigenvalue weighted by atomic mass is 10.0. The molecule has 6 heteroatoms. The minimum atomic E-state index is 0.428. The SMILES string of the molecule is C[C@H]1C[C@@H]1c1nnc(-c2cnc3onc(C4CCCC4)c3c2)o1. The van der Waals surface area contributed by atoms with Crippen molar-refractivity contribution in [3.8, 4) is 11.5 Å². The summed E-state index contributed by atoms with van der Waals surface area (Å²) in [5, 5.41) is 13.6. The van der Waals surface area contributed by atoms with Gasteiger partial charge in [-0.25, -0.2) is 4.98 Å². The highest BCUT2D eigenvalue weighted by molar-refractivity contribution is 5.80. The third kappa shape index (κ3) is 2.16. The van der Waals surface area contributed by atoms with Crippen molar-refractivity contribution in [2.24, 2.45) is 5.92 Å². The molecule has 118 valence electrons. The summed E-state index contributed by atoms with van der Waals surface area (Å²) in [5.41, 5.74) is 2.46. The van der Waals surface area contributed by atoms with Crippen molar-refractivity contribution in [2.45, 2.75) is 50.9 Å². The summed E-state index contributed by atoms with van der Waals surface area (Å²) < 4.78 is 11.2. The number of aromatic nitrogens is 4. The Kier molecular flexibility index (Phi) is 2.80. The van der Waals surface area contributed by atoms with Crippen molar-refractivity contribution in [2.75, 3.05) is 0 Å². The highest BCUT2D eigenvalue weighted by atomic mass is 16.5. The van der Waals surface area contributed by atoms with Gasteiger partial charge in [0.15, 0.2) is 0 Å². The Morgan fingerprint density at radius 2 is 2.00 bits per heavy atom. The number of rotatable bonds is 3.